The average Bonchev–Trinajstić information content (AvgIpc) is 2.55. The fourth-order valence-electron chi connectivity index (χ4n) is 3.31. The van der Waals surface area contributed by atoms with Crippen molar-refractivity contribution in [3.8, 4) is 0 Å². The molecule has 1 atom stereocenters. The van der Waals surface area contributed by atoms with Gasteiger partial charge in [-0.1, -0.05) is 0 Å². The van der Waals surface area contributed by atoms with Crippen LogP contribution in [0.1, 0.15) is 26.2 Å². The Morgan fingerprint density at radius 3 is 2.89 bits per heavy atom. The molecule has 0 radical (unpaired) electrons. The van der Waals surface area contributed by atoms with Gasteiger partial charge in [-0.15, -0.1) is 0 Å². The van der Waals surface area contributed by atoms with Crippen molar-refractivity contribution >= 4 is 0 Å². The van der Waals surface area contributed by atoms with Gasteiger partial charge >= 0.3 is 0 Å². The first-order chi connectivity index (χ1) is 8.74. The van der Waals surface area contributed by atoms with E-state index in [-0.39, 0.29) is 0 Å². The molecule has 0 saturated carbocycles. The van der Waals surface area contributed by atoms with Crippen LogP contribution in [0, 0.1) is 5.41 Å². The number of methoxy groups -OCH3 is 1. The highest BCUT2D eigenvalue weighted by atomic mass is 16.5. The summed E-state index contributed by atoms with van der Waals surface area (Å²) in [5.74, 6) is 0. The first kappa shape index (κ1) is 14.3. The van der Waals surface area contributed by atoms with E-state index < -0.39 is 0 Å². The molecular weight excluding hydrogens is 228 g/mol. The molecule has 18 heavy (non-hydrogen) atoms. The zero-order chi connectivity index (χ0) is 12.8. The summed E-state index contributed by atoms with van der Waals surface area (Å²) < 4.78 is 11.2. The molecule has 4 heteroatoms. The van der Waals surface area contributed by atoms with E-state index in [0.717, 1.165) is 45.8 Å². The molecule has 0 amide bonds. The SMILES string of the molecule is COCC1(CN2CCCOC(C)C2)CCNCC1. The minimum atomic E-state index is 0.351. The van der Waals surface area contributed by atoms with Gasteiger partial charge in [-0.2, -0.15) is 0 Å². The van der Waals surface area contributed by atoms with Crippen LogP contribution in [-0.2, 0) is 9.47 Å². The van der Waals surface area contributed by atoms with Crippen LogP contribution in [0.25, 0.3) is 0 Å². The maximum Gasteiger partial charge on any atom is 0.0673 e. The Labute approximate surface area is 111 Å². The zero-order valence-electron chi connectivity index (χ0n) is 11.9. The Kier molecular flexibility index (Phi) is 5.42. The summed E-state index contributed by atoms with van der Waals surface area (Å²) in [5, 5.41) is 3.46. The molecule has 1 N–H and O–H groups in total. The molecule has 4 nitrogen and oxygen atoms in total. The van der Waals surface area contributed by atoms with E-state index in [9.17, 15) is 0 Å². The van der Waals surface area contributed by atoms with E-state index in [1.165, 1.54) is 19.4 Å². The predicted octanol–water partition coefficient (Wildman–Crippen LogP) is 1.11. The molecule has 0 aromatic rings. The van der Waals surface area contributed by atoms with Crippen molar-refractivity contribution in [1.29, 1.82) is 0 Å². The second-order valence-electron chi connectivity index (χ2n) is 5.95. The number of nitrogens with zero attached hydrogens (tertiary/aromatic N) is 1. The highest BCUT2D eigenvalue weighted by Crippen LogP contribution is 2.30. The summed E-state index contributed by atoms with van der Waals surface area (Å²) in [6.45, 7) is 9.64. The molecule has 2 aliphatic heterocycles. The van der Waals surface area contributed by atoms with Gasteiger partial charge in [0, 0.05) is 38.8 Å². The van der Waals surface area contributed by atoms with Crippen molar-refractivity contribution in [3.63, 3.8) is 0 Å². The lowest BCUT2D eigenvalue weighted by atomic mass is 9.79. The predicted molar refractivity (Wildman–Crippen MR) is 72.9 cm³/mol. The van der Waals surface area contributed by atoms with E-state index in [1.54, 1.807) is 0 Å². The summed E-state index contributed by atoms with van der Waals surface area (Å²) in [7, 11) is 1.83. The van der Waals surface area contributed by atoms with Gasteiger partial charge < -0.3 is 19.7 Å². The highest BCUT2D eigenvalue weighted by molar-refractivity contribution is 4.88. The Bertz CT molecular complexity index is 236. The molecule has 2 fully saturated rings. The number of piperidine rings is 1. The van der Waals surface area contributed by atoms with Gasteiger partial charge in [0.15, 0.2) is 0 Å². The molecule has 1 unspecified atom stereocenters. The Morgan fingerprint density at radius 1 is 1.39 bits per heavy atom. The second-order valence-corrected chi connectivity index (χ2v) is 5.95. The largest absolute Gasteiger partial charge is 0.384 e. The van der Waals surface area contributed by atoms with Gasteiger partial charge in [-0.05, 0) is 39.3 Å². The minimum absolute atomic E-state index is 0.351. The van der Waals surface area contributed by atoms with Crippen LogP contribution >= 0.6 is 0 Å². The lowest BCUT2D eigenvalue weighted by Crippen LogP contribution is -2.48. The van der Waals surface area contributed by atoms with E-state index in [0.29, 0.717) is 11.5 Å². The van der Waals surface area contributed by atoms with E-state index >= 15 is 0 Å². The maximum atomic E-state index is 5.73. The first-order valence-corrected chi connectivity index (χ1v) is 7.28. The topological polar surface area (TPSA) is 33.7 Å². The third-order valence-electron chi connectivity index (χ3n) is 4.21. The molecular formula is C14H28N2O2. The van der Waals surface area contributed by atoms with Gasteiger partial charge in [0.25, 0.3) is 0 Å². The summed E-state index contributed by atoms with van der Waals surface area (Å²) in [4.78, 5) is 2.59. The Balaban J connectivity index is 1.94. The number of nitrogens with one attached hydrogen (secondary N) is 1. The molecule has 0 spiro atoms. The van der Waals surface area contributed by atoms with Gasteiger partial charge in [0.1, 0.15) is 0 Å². The van der Waals surface area contributed by atoms with Gasteiger partial charge in [0.2, 0.25) is 0 Å². The smallest absolute Gasteiger partial charge is 0.0673 e. The van der Waals surface area contributed by atoms with Crippen LogP contribution < -0.4 is 5.32 Å². The monoisotopic (exact) mass is 256 g/mol. The second kappa shape index (κ2) is 6.85. The third-order valence-corrected chi connectivity index (χ3v) is 4.21. The standard InChI is InChI=1S/C14H28N2O2/c1-13-10-16(8-3-9-18-13)11-14(12-17-2)4-6-15-7-5-14/h13,15H,3-12H2,1-2H3. The molecule has 0 aromatic heterocycles. The van der Waals surface area contributed by atoms with Gasteiger partial charge in [-0.25, -0.2) is 0 Å². The molecule has 0 aromatic carbocycles. The summed E-state index contributed by atoms with van der Waals surface area (Å²) in [6.07, 6.45) is 3.99. The van der Waals surface area contributed by atoms with Crippen molar-refractivity contribution in [2.45, 2.75) is 32.3 Å². The summed E-state index contributed by atoms with van der Waals surface area (Å²) in [6, 6.07) is 0. The number of ether oxygens (including phenoxy) is 2. The quantitative estimate of drug-likeness (QED) is 0.817. The van der Waals surface area contributed by atoms with Crippen LogP contribution in [-0.4, -0.2) is 64.1 Å². The number of hydrogen-bond donors (Lipinski definition) is 1. The van der Waals surface area contributed by atoms with Crippen LogP contribution in [0.5, 0.6) is 0 Å². The first-order valence-electron chi connectivity index (χ1n) is 7.28. The normalized spacial score (nSPS) is 30.0. The lowest BCUT2D eigenvalue weighted by molar-refractivity contribution is 0.0130. The molecule has 2 rings (SSSR count). The van der Waals surface area contributed by atoms with E-state index in [1.807, 2.05) is 7.11 Å². The molecule has 2 saturated heterocycles. The molecule has 2 aliphatic rings. The zero-order valence-corrected chi connectivity index (χ0v) is 11.9. The molecule has 2 heterocycles. The van der Waals surface area contributed by atoms with Crippen molar-refractivity contribution < 1.29 is 9.47 Å². The summed E-state index contributed by atoms with van der Waals surface area (Å²) >= 11 is 0. The van der Waals surface area contributed by atoms with Gasteiger partial charge in [-0.3, -0.25) is 0 Å². The van der Waals surface area contributed by atoms with E-state index in [2.05, 4.69) is 17.1 Å². The highest BCUT2D eigenvalue weighted by Gasteiger charge is 2.34. The molecule has 106 valence electrons. The minimum Gasteiger partial charge on any atom is -0.384 e. The van der Waals surface area contributed by atoms with Crippen molar-refractivity contribution in [1.82, 2.24) is 10.2 Å². The third kappa shape index (κ3) is 3.92. The fourth-order valence-corrected chi connectivity index (χ4v) is 3.31. The van der Waals surface area contributed by atoms with Crippen LogP contribution in [0.2, 0.25) is 0 Å². The van der Waals surface area contributed by atoms with Crippen LogP contribution in [0.4, 0.5) is 0 Å². The summed E-state index contributed by atoms with van der Waals surface area (Å²) in [5.41, 5.74) is 0.351. The number of hydrogen-bond acceptors (Lipinski definition) is 4. The van der Waals surface area contributed by atoms with Crippen LogP contribution in [0.15, 0.2) is 0 Å². The Morgan fingerprint density at radius 2 is 2.17 bits per heavy atom. The Hall–Kier alpha value is -0.160. The van der Waals surface area contributed by atoms with Crippen molar-refractivity contribution in [3.05, 3.63) is 0 Å². The number of rotatable bonds is 4. The van der Waals surface area contributed by atoms with Crippen molar-refractivity contribution in [2.75, 3.05) is 53.0 Å². The van der Waals surface area contributed by atoms with E-state index in [4.69, 9.17) is 9.47 Å². The van der Waals surface area contributed by atoms with Crippen molar-refractivity contribution in [2.24, 2.45) is 5.41 Å². The maximum absolute atomic E-state index is 5.73. The molecule has 0 bridgehead atoms. The van der Waals surface area contributed by atoms with Gasteiger partial charge in [0.05, 0.1) is 12.7 Å². The average molecular weight is 256 g/mol. The molecule has 0 aliphatic carbocycles. The lowest BCUT2D eigenvalue weighted by Gasteiger charge is -2.41. The fraction of sp³-hybridized carbons (Fsp3) is 1.00. The van der Waals surface area contributed by atoms with Crippen LogP contribution in [0.3, 0.4) is 0 Å².